The molecule has 1 N–H and O–H groups in total. The molecule has 19 heavy (non-hydrogen) atoms. The van der Waals surface area contributed by atoms with Gasteiger partial charge in [-0.05, 0) is 31.5 Å². The SMILES string of the molecule is Cc1cc(C(=O)N(C)C(C)c2ccc(O)cc2)no1. The second kappa shape index (κ2) is 5.14. The van der Waals surface area contributed by atoms with Crippen LogP contribution in [0.4, 0.5) is 0 Å². The highest BCUT2D eigenvalue weighted by Crippen LogP contribution is 2.22. The number of benzene rings is 1. The van der Waals surface area contributed by atoms with Crippen molar-refractivity contribution >= 4 is 5.91 Å². The van der Waals surface area contributed by atoms with Crippen LogP contribution in [0.15, 0.2) is 34.9 Å². The standard InChI is InChI=1S/C14H16N2O3/c1-9-8-13(15-19-9)14(18)16(3)10(2)11-4-6-12(17)7-5-11/h4-8,10,17H,1-3H3. The van der Waals surface area contributed by atoms with Crippen LogP contribution >= 0.6 is 0 Å². The van der Waals surface area contributed by atoms with E-state index in [0.717, 1.165) is 5.56 Å². The van der Waals surface area contributed by atoms with Gasteiger partial charge in [0, 0.05) is 13.1 Å². The average molecular weight is 260 g/mol. The Morgan fingerprint density at radius 2 is 2.00 bits per heavy atom. The maximum atomic E-state index is 12.2. The molecule has 5 nitrogen and oxygen atoms in total. The van der Waals surface area contributed by atoms with E-state index in [-0.39, 0.29) is 17.7 Å². The largest absolute Gasteiger partial charge is 0.508 e. The Kier molecular flexibility index (Phi) is 3.55. The van der Waals surface area contributed by atoms with E-state index in [0.29, 0.717) is 11.5 Å². The Balaban J connectivity index is 2.16. The van der Waals surface area contributed by atoms with Crippen LogP contribution < -0.4 is 0 Å². The lowest BCUT2D eigenvalue weighted by Gasteiger charge is -2.24. The van der Waals surface area contributed by atoms with Crippen molar-refractivity contribution in [3.05, 3.63) is 47.3 Å². The van der Waals surface area contributed by atoms with E-state index < -0.39 is 0 Å². The fourth-order valence-electron chi connectivity index (χ4n) is 1.80. The van der Waals surface area contributed by atoms with Crippen molar-refractivity contribution in [1.82, 2.24) is 10.1 Å². The number of hydrogen-bond acceptors (Lipinski definition) is 4. The Labute approximate surface area is 111 Å². The average Bonchev–Trinajstić information content (AvgIpc) is 2.84. The zero-order valence-electron chi connectivity index (χ0n) is 11.1. The first-order valence-electron chi connectivity index (χ1n) is 5.98. The van der Waals surface area contributed by atoms with Crippen molar-refractivity contribution in [2.75, 3.05) is 7.05 Å². The van der Waals surface area contributed by atoms with E-state index in [2.05, 4.69) is 5.16 Å². The molecule has 1 aromatic carbocycles. The predicted molar refractivity (Wildman–Crippen MR) is 69.9 cm³/mol. The fourth-order valence-corrected chi connectivity index (χ4v) is 1.80. The van der Waals surface area contributed by atoms with Crippen molar-refractivity contribution < 1.29 is 14.4 Å². The Morgan fingerprint density at radius 3 is 2.53 bits per heavy atom. The monoisotopic (exact) mass is 260 g/mol. The van der Waals surface area contributed by atoms with Crippen molar-refractivity contribution in [3.63, 3.8) is 0 Å². The van der Waals surface area contributed by atoms with Gasteiger partial charge in [0.15, 0.2) is 5.69 Å². The van der Waals surface area contributed by atoms with Crippen LogP contribution in [0.3, 0.4) is 0 Å². The van der Waals surface area contributed by atoms with Crippen molar-refractivity contribution in [2.45, 2.75) is 19.9 Å². The normalized spacial score (nSPS) is 12.2. The molecule has 100 valence electrons. The second-order valence-electron chi connectivity index (χ2n) is 4.51. The number of phenolic OH excluding ortho intramolecular Hbond substituents is 1. The third-order valence-corrected chi connectivity index (χ3v) is 3.12. The number of rotatable bonds is 3. The van der Waals surface area contributed by atoms with Gasteiger partial charge in [0.1, 0.15) is 11.5 Å². The molecule has 2 rings (SSSR count). The lowest BCUT2D eigenvalue weighted by molar-refractivity contribution is 0.0732. The molecular formula is C14H16N2O3. The maximum Gasteiger partial charge on any atom is 0.276 e. The summed E-state index contributed by atoms with van der Waals surface area (Å²) in [6.45, 7) is 3.66. The van der Waals surface area contributed by atoms with E-state index >= 15 is 0 Å². The molecule has 0 aliphatic carbocycles. The van der Waals surface area contributed by atoms with Gasteiger partial charge in [-0.15, -0.1) is 0 Å². The van der Waals surface area contributed by atoms with Gasteiger partial charge >= 0.3 is 0 Å². The molecule has 5 heteroatoms. The summed E-state index contributed by atoms with van der Waals surface area (Å²) in [6, 6.07) is 8.28. The number of amides is 1. The van der Waals surface area contributed by atoms with Gasteiger partial charge in [-0.25, -0.2) is 0 Å². The van der Waals surface area contributed by atoms with Crippen LogP contribution in [0.1, 0.15) is 34.8 Å². The Bertz CT molecular complexity index is 575. The molecule has 1 unspecified atom stereocenters. The summed E-state index contributed by atoms with van der Waals surface area (Å²) in [5.74, 6) is 0.614. The number of carbonyl (C=O) groups excluding carboxylic acids is 1. The molecule has 0 bridgehead atoms. The molecule has 1 aromatic heterocycles. The Morgan fingerprint density at radius 1 is 1.37 bits per heavy atom. The molecule has 1 atom stereocenters. The van der Waals surface area contributed by atoms with Crippen LogP contribution in [0, 0.1) is 6.92 Å². The molecule has 0 spiro atoms. The molecule has 0 radical (unpaired) electrons. The summed E-state index contributed by atoms with van der Waals surface area (Å²) in [5.41, 5.74) is 1.24. The van der Waals surface area contributed by atoms with Crippen LogP contribution in [-0.4, -0.2) is 28.1 Å². The van der Waals surface area contributed by atoms with Crippen LogP contribution in [0.25, 0.3) is 0 Å². The van der Waals surface area contributed by atoms with E-state index in [9.17, 15) is 9.90 Å². The minimum absolute atomic E-state index is 0.120. The van der Waals surface area contributed by atoms with Crippen LogP contribution in [0.2, 0.25) is 0 Å². The maximum absolute atomic E-state index is 12.2. The predicted octanol–water partition coefficient (Wildman–Crippen LogP) is 2.52. The summed E-state index contributed by atoms with van der Waals surface area (Å²) < 4.78 is 4.91. The molecule has 0 aliphatic rings. The van der Waals surface area contributed by atoms with Crippen LogP contribution in [-0.2, 0) is 0 Å². The molecule has 0 saturated heterocycles. The quantitative estimate of drug-likeness (QED) is 0.920. The van der Waals surface area contributed by atoms with E-state index in [1.165, 1.54) is 0 Å². The first-order valence-corrected chi connectivity index (χ1v) is 5.98. The Hall–Kier alpha value is -2.30. The number of aryl methyl sites for hydroxylation is 1. The lowest BCUT2D eigenvalue weighted by Crippen LogP contribution is -2.29. The molecule has 1 heterocycles. The summed E-state index contributed by atoms with van der Waals surface area (Å²) in [4.78, 5) is 13.8. The zero-order chi connectivity index (χ0) is 14.0. The first-order chi connectivity index (χ1) is 8.99. The molecular weight excluding hydrogens is 244 g/mol. The topological polar surface area (TPSA) is 66.6 Å². The van der Waals surface area contributed by atoms with Gasteiger partial charge in [-0.2, -0.15) is 0 Å². The molecule has 0 saturated carbocycles. The third-order valence-electron chi connectivity index (χ3n) is 3.12. The summed E-state index contributed by atoms with van der Waals surface area (Å²) in [5, 5.41) is 13.0. The number of aromatic nitrogens is 1. The highest BCUT2D eigenvalue weighted by molar-refractivity contribution is 5.92. The minimum Gasteiger partial charge on any atom is -0.508 e. The van der Waals surface area contributed by atoms with E-state index in [1.54, 1.807) is 49.2 Å². The molecule has 2 aromatic rings. The van der Waals surface area contributed by atoms with Gasteiger partial charge in [-0.3, -0.25) is 4.79 Å². The fraction of sp³-hybridized carbons (Fsp3) is 0.286. The van der Waals surface area contributed by atoms with E-state index in [1.807, 2.05) is 6.92 Å². The van der Waals surface area contributed by atoms with Gasteiger partial charge in [0.05, 0.1) is 6.04 Å². The molecule has 0 aliphatic heterocycles. The highest BCUT2D eigenvalue weighted by Gasteiger charge is 2.21. The number of aromatic hydroxyl groups is 1. The van der Waals surface area contributed by atoms with Crippen molar-refractivity contribution in [2.24, 2.45) is 0 Å². The summed E-state index contributed by atoms with van der Waals surface area (Å²) in [7, 11) is 1.71. The van der Waals surface area contributed by atoms with Gasteiger partial charge in [0.25, 0.3) is 5.91 Å². The van der Waals surface area contributed by atoms with Crippen LogP contribution in [0.5, 0.6) is 5.75 Å². The highest BCUT2D eigenvalue weighted by atomic mass is 16.5. The summed E-state index contributed by atoms with van der Waals surface area (Å²) in [6.07, 6.45) is 0. The van der Waals surface area contributed by atoms with Crippen molar-refractivity contribution in [3.8, 4) is 5.75 Å². The lowest BCUT2D eigenvalue weighted by atomic mass is 10.1. The van der Waals surface area contributed by atoms with Gasteiger partial charge in [0.2, 0.25) is 0 Å². The first kappa shape index (κ1) is 13.1. The minimum atomic E-state index is -0.197. The summed E-state index contributed by atoms with van der Waals surface area (Å²) >= 11 is 0. The smallest absolute Gasteiger partial charge is 0.276 e. The molecule has 0 fully saturated rings. The number of carbonyl (C=O) groups is 1. The van der Waals surface area contributed by atoms with Gasteiger partial charge < -0.3 is 14.5 Å². The van der Waals surface area contributed by atoms with Crippen molar-refractivity contribution in [1.29, 1.82) is 0 Å². The van der Waals surface area contributed by atoms with Gasteiger partial charge in [-0.1, -0.05) is 17.3 Å². The second-order valence-corrected chi connectivity index (χ2v) is 4.51. The number of phenols is 1. The third kappa shape index (κ3) is 2.76. The number of nitrogens with zero attached hydrogens (tertiary/aromatic N) is 2. The zero-order valence-corrected chi connectivity index (χ0v) is 11.1. The molecule has 1 amide bonds. The number of hydrogen-bond donors (Lipinski definition) is 1. The van der Waals surface area contributed by atoms with E-state index in [4.69, 9.17) is 4.52 Å².